The van der Waals surface area contributed by atoms with Gasteiger partial charge in [-0.25, -0.2) is 0 Å². The zero-order chi connectivity index (χ0) is 17.2. The smallest absolute Gasteiger partial charge is 0.258 e. The zero-order valence-electron chi connectivity index (χ0n) is 12.8. The molecule has 0 spiro atoms. The number of hydrogen-bond donors (Lipinski definition) is 0. The number of rotatable bonds is 4. The van der Waals surface area contributed by atoms with E-state index in [1.54, 1.807) is 16.6 Å². The Balaban J connectivity index is 1.66. The van der Waals surface area contributed by atoms with Crippen LogP contribution in [0.2, 0.25) is 0 Å². The van der Waals surface area contributed by atoms with E-state index in [1.807, 2.05) is 42.5 Å². The van der Waals surface area contributed by atoms with Crippen LogP contribution in [0.5, 0.6) is 0 Å². The molecule has 0 bridgehead atoms. The zero-order valence-corrected chi connectivity index (χ0v) is 13.6. The molecule has 0 unspecified atom stereocenters. The lowest BCUT2D eigenvalue weighted by Gasteiger charge is -1.96. The highest BCUT2D eigenvalue weighted by Crippen LogP contribution is 2.24. The van der Waals surface area contributed by atoms with E-state index in [2.05, 4.69) is 15.3 Å². The van der Waals surface area contributed by atoms with Gasteiger partial charge in [-0.05, 0) is 23.8 Å². The Hall–Kier alpha value is -3.39. The Bertz CT molecular complexity index is 1070. The van der Waals surface area contributed by atoms with Crippen LogP contribution in [0.1, 0.15) is 10.6 Å². The number of non-ortho nitro benzene ring substituents is 1. The Morgan fingerprint density at radius 1 is 1.00 bits per heavy atom. The average Bonchev–Trinajstić information content (AvgIpc) is 3.21. The molecule has 0 fully saturated rings. The van der Waals surface area contributed by atoms with Gasteiger partial charge in [-0.2, -0.15) is 9.61 Å². The molecular weight excluding hydrogens is 338 g/mol. The first-order chi connectivity index (χ1) is 12.2. The van der Waals surface area contributed by atoms with Crippen molar-refractivity contribution in [3.05, 3.63) is 75.3 Å². The molecule has 2 aromatic heterocycles. The summed E-state index contributed by atoms with van der Waals surface area (Å²) in [6.45, 7) is 0. The molecule has 0 saturated heterocycles. The van der Waals surface area contributed by atoms with Gasteiger partial charge in [0.05, 0.1) is 4.92 Å². The van der Waals surface area contributed by atoms with Crippen molar-refractivity contribution in [2.45, 2.75) is 0 Å². The monoisotopic (exact) mass is 349 g/mol. The van der Waals surface area contributed by atoms with Crippen LogP contribution in [0.15, 0.2) is 54.6 Å². The van der Waals surface area contributed by atoms with Gasteiger partial charge in [0.2, 0.25) is 4.96 Å². The van der Waals surface area contributed by atoms with Gasteiger partial charge in [0.1, 0.15) is 5.01 Å². The lowest BCUT2D eigenvalue weighted by Crippen LogP contribution is -1.92. The van der Waals surface area contributed by atoms with Gasteiger partial charge in [-0.15, -0.1) is 10.2 Å². The van der Waals surface area contributed by atoms with Gasteiger partial charge in [0, 0.05) is 17.7 Å². The lowest BCUT2D eigenvalue weighted by molar-refractivity contribution is -0.384. The molecule has 0 radical (unpaired) electrons. The van der Waals surface area contributed by atoms with Crippen molar-refractivity contribution in [2.24, 2.45) is 0 Å². The molecule has 0 saturated carbocycles. The summed E-state index contributed by atoms with van der Waals surface area (Å²) in [4.78, 5) is 11.0. The second kappa shape index (κ2) is 6.25. The van der Waals surface area contributed by atoms with Crippen molar-refractivity contribution >= 4 is 34.1 Å². The van der Waals surface area contributed by atoms with Gasteiger partial charge in [0.25, 0.3) is 5.69 Å². The summed E-state index contributed by atoms with van der Waals surface area (Å²) >= 11 is 1.42. The molecular formula is C17H11N5O2S. The van der Waals surface area contributed by atoms with Crippen LogP contribution in [-0.2, 0) is 0 Å². The lowest BCUT2D eigenvalue weighted by atomic mass is 10.2. The predicted molar refractivity (Wildman–Crippen MR) is 96.1 cm³/mol. The Morgan fingerprint density at radius 2 is 1.76 bits per heavy atom. The van der Waals surface area contributed by atoms with Gasteiger partial charge < -0.3 is 0 Å². The number of nitro groups is 1. The normalized spacial score (nSPS) is 11.4. The van der Waals surface area contributed by atoms with Crippen molar-refractivity contribution in [3.8, 4) is 11.4 Å². The van der Waals surface area contributed by atoms with E-state index < -0.39 is 4.92 Å². The van der Waals surface area contributed by atoms with Gasteiger partial charge in [-0.1, -0.05) is 47.7 Å². The summed E-state index contributed by atoms with van der Waals surface area (Å²) in [5, 5.41) is 24.3. The van der Waals surface area contributed by atoms with Crippen molar-refractivity contribution in [2.75, 3.05) is 0 Å². The van der Waals surface area contributed by atoms with Crippen molar-refractivity contribution in [3.63, 3.8) is 0 Å². The summed E-state index contributed by atoms with van der Waals surface area (Å²) in [6, 6.07) is 16.1. The fourth-order valence-corrected chi connectivity index (χ4v) is 3.08. The summed E-state index contributed by atoms with van der Waals surface area (Å²) in [5.74, 6) is 0.556. The summed E-state index contributed by atoms with van der Waals surface area (Å²) in [6.07, 6.45) is 3.91. The minimum atomic E-state index is -0.432. The van der Waals surface area contributed by atoms with Crippen LogP contribution < -0.4 is 0 Å². The molecule has 0 aliphatic carbocycles. The summed E-state index contributed by atoms with van der Waals surface area (Å²) < 4.78 is 1.65. The number of hydrogen-bond acceptors (Lipinski definition) is 6. The van der Waals surface area contributed by atoms with Gasteiger partial charge in [-0.3, -0.25) is 10.1 Å². The highest BCUT2D eigenvalue weighted by atomic mass is 32.1. The maximum atomic E-state index is 10.8. The molecule has 0 aliphatic rings. The first-order valence-corrected chi connectivity index (χ1v) is 8.22. The molecule has 25 heavy (non-hydrogen) atoms. The van der Waals surface area contributed by atoms with E-state index in [4.69, 9.17) is 0 Å². The molecule has 0 aliphatic heterocycles. The fourth-order valence-electron chi connectivity index (χ4n) is 2.34. The van der Waals surface area contributed by atoms with Crippen molar-refractivity contribution in [1.82, 2.24) is 19.8 Å². The topological polar surface area (TPSA) is 86.2 Å². The van der Waals surface area contributed by atoms with E-state index in [0.717, 1.165) is 16.1 Å². The second-order valence-corrected chi connectivity index (χ2v) is 6.19. The highest BCUT2D eigenvalue weighted by molar-refractivity contribution is 7.17. The molecule has 8 heteroatoms. The molecule has 7 nitrogen and oxygen atoms in total. The highest BCUT2D eigenvalue weighted by Gasteiger charge is 2.13. The van der Waals surface area contributed by atoms with E-state index in [-0.39, 0.29) is 5.69 Å². The average molecular weight is 349 g/mol. The van der Waals surface area contributed by atoms with Crippen LogP contribution in [0, 0.1) is 10.1 Å². The SMILES string of the molecule is O=[N+]([O-])c1ccc(-c2nnc3sc(/C=C/c4ccccc4)nn23)cc1. The van der Waals surface area contributed by atoms with Gasteiger partial charge >= 0.3 is 0 Å². The Morgan fingerprint density at radius 3 is 2.48 bits per heavy atom. The molecule has 0 N–H and O–H groups in total. The third-order valence-corrected chi connectivity index (χ3v) is 4.42. The Labute approximate surface area is 146 Å². The number of nitro benzene ring substituents is 1. The quantitative estimate of drug-likeness (QED) is 0.411. The number of nitrogens with zero attached hydrogens (tertiary/aromatic N) is 5. The predicted octanol–water partition coefficient (Wildman–Crippen LogP) is 3.93. The fraction of sp³-hybridized carbons (Fsp3) is 0. The largest absolute Gasteiger partial charge is 0.269 e. The van der Waals surface area contributed by atoms with Crippen LogP contribution in [0.4, 0.5) is 5.69 Å². The van der Waals surface area contributed by atoms with Crippen molar-refractivity contribution < 1.29 is 4.92 Å². The molecule has 2 heterocycles. The van der Waals surface area contributed by atoms with Crippen LogP contribution in [0.25, 0.3) is 28.5 Å². The molecule has 2 aromatic carbocycles. The summed E-state index contributed by atoms with van der Waals surface area (Å²) in [7, 11) is 0. The first kappa shape index (κ1) is 15.2. The molecule has 4 aromatic rings. The molecule has 4 rings (SSSR count). The number of fused-ring (bicyclic) bond motifs is 1. The van der Waals surface area contributed by atoms with E-state index in [1.165, 1.54) is 23.5 Å². The number of benzene rings is 2. The van der Waals surface area contributed by atoms with E-state index in [9.17, 15) is 10.1 Å². The van der Waals surface area contributed by atoms with Crippen LogP contribution >= 0.6 is 11.3 Å². The van der Waals surface area contributed by atoms with E-state index in [0.29, 0.717) is 10.8 Å². The first-order valence-electron chi connectivity index (χ1n) is 7.41. The number of aromatic nitrogens is 4. The standard InChI is InChI=1S/C17H11N5O2S/c23-22(24)14-9-7-13(8-10-14)16-18-19-17-21(16)20-15(25-17)11-6-12-4-2-1-3-5-12/h1-11H/b11-6+. The molecule has 0 atom stereocenters. The third-order valence-electron chi connectivity index (χ3n) is 3.56. The molecule has 0 amide bonds. The maximum absolute atomic E-state index is 10.8. The minimum Gasteiger partial charge on any atom is -0.258 e. The van der Waals surface area contributed by atoms with Crippen LogP contribution in [0.3, 0.4) is 0 Å². The maximum Gasteiger partial charge on any atom is 0.269 e. The van der Waals surface area contributed by atoms with Crippen molar-refractivity contribution in [1.29, 1.82) is 0 Å². The minimum absolute atomic E-state index is 0.0364. The Kier molecular flexibility index (Phi) is 3.79. The summed E-state index contributed by atoms with van der Waals surface area (Å²) in [5.41, 5.74) is 1.85. The second-order valence-electron chi connectivity index (χ2n) is 5.21. The molecule has 122 valence electrons. The van der Waals surface area contributed by atoms with Gasteiger partial charge in [0.15, 0.2) is 5.82 Å². The van der Waals surface area contributed by atoms with E-state index >= 15 is 0 Å². The third kappa shape index (κ3) is 3.02. The van der Waals surface area contributed by atoms with Crippen LogP contribution in [-0.4, -0.2) is 24.7 Å².